The van der Waals surface area contributed by atoms with Gasteiger partial charge in [-0.1, -0.05) is 0 Å². The highest BCUT2D eigenvalue weighted by atomic mass is 19.3. The summed E-state index contributed by atoms with van der Waals surface area (Å²) in [5, 5.41) is 5.05. The zero-order chi connectivity index (χ0) is 23.9. The molecule has 4 aromatic rings. The van der Waals surface area contributed by atoms with Crippen molar-refractivity contribution in [1.82, 2.24) is 24.5 Å². The van der Waals surface area contributed by atoms with Gasteiger partial charge >= 0.3 is 6.29 Å². The van der Waals surface area contributed by atoms with Crippen LogP contribution in [0.2, 0.25) is 0 Å². The Labute approximate surface area is 196 Å². The number of benzene rings is 2. The molecule has 1 saturated carbocycles. The first-order valence-corrected chi connectivity index (χ1v) is 11.3. The second kappa shape index (κ2) is 6.87. The zero-order valence-corrected chi connectivity index (χ0v) is 18.4. The highest BCUT2D eigenvalue weighted by molar-refractivity contribution is 5.97. The molecule has 35 heavy (non-hydrogen) atoms. The van der Waals surface area contributed by atoms with Crippen molar-refractivity contribution in [2.24, 2.45) is 0 Å². The topological polar surface area (TPSA) is 94.0 Å². The average molecular weight is 483 g/mol. The van der Waals surface area contributed by atoms with E-state index in [4.69, 9.17) is 5.73 Å². The molecule has 12 heteroatoms. The van der Waals surface area contributed by atoms with E-state index < -0.39 is 6.29 Å². The molecular weight excluding hydrogens is 463 g/mol. The van der Waals surface area contributed by atoms with Gasteiger partial charge in [-0.2, -0.15) is 4.52 Å². The second-order valence-electron chi connectivity index (χ2n) is 9.23. The maximum atomic E-state index is 13.6. The summed E-state index contributed by atoms with van der Waals surface area (Å²) in [4.78, 5) is 13.6. The second-order valence-corrected chi connectivity index (χ2v) is 9.23. The Morgan fingerprint density at radius 1 is 1.00 bits per heavy atom. The minimum absolute atomic E-state index is 0.0146. The molecule has 0 amide bonds. The Balaban J connectivity index is 1.19. The summed E-state index contributed by atoms with van der Waals surface area (Å²) in [6.07, 6.45) is -1.64. The van der Waals surface area contributed by atoms with Gasteiger partial charge in [0.15, 0.2) is 23.0 Å². The highest BCUT2D eigenvalue weighted by Crippen LogP contribution is 2.47. The van der Waals surface area contributed by atoms with Crippen LogP contribution in [0.3, 0.4) is 0 Å². The predicted molar refractivity (Wildman–Crippen MR) is 120 cm³/mol. The van der Waals surface area contributed by atoms with Gasteiger partial charge in [-0.3, -0.25) is 4.90 Å². The third-order valence-corrected chi connectivity index (χ3v) is 7.03. The number of halogens is 3. The number of alkyl halides is 2. The first kappa shape index (κ1) is 20.6. The molecular formula is C23H20F3N7O2. The number of piperazine rings is 1. The van der Waals surface area contributed by atoms with Crippen LogP contribution in [0.1, 0.15) is 18.7 Å². The van der Waals surface area contributed by atoms with E-state index in [1.54, 1.807) is 6.07 Å². The van der Waals surface area contributed by atoms with E-state index >= 15 is 0 Å². The zero-order valence-electron chi connectivity index (χ0n) is 18.4. The summed E-state index contributed by atoms with van der Waals surface area (Å²) in [7, 11) is 0. The summed E-state index contributed by atoms with van der Waals surface area (Å²) in [6, 6.07) is 9.60. The van der Waals surface area contributed by atoms with Crippen molar-refractivity contribution < 1.29 is 22.6 Å². The van der Waals surface area contributed by atoms with Gasteiger partial charge in [-0.15, -0.1) is 13.9 Å². The molecule has 3 aliphatic rings. The van der Waals surface area contributed by atoms with E-state index in [0.29, 0.717) is 23.4 Å². The fraction of sp³-hybridized carbons (Fsp3) is 0.348. The molecule has 2 aliphatic heterocycles. The maximum absolute atomic E-state index is 13.6. The van der Waals surface area contributed by atoms with Crippen molar-refractivity contribution in [2.75, 3.05) is 30.3 Å². The fourth-order valence-electron chi connectivity index (χ4n) is 5.13. The van der Waals surface area contributed by atoms with Crippen molar-refractivity contribution >= 4 is 28.2 Å². The predicted octanol–water partition coefficient (Wildman–Crippen LogP) is 3.18. The lowest BCUT2D eigenvalue weighted by molar-refractivity contribution is -0.286. The molecule has 9 nitrogen and oxygen atoms in total. The number of ether oxygens (including phenoxy) is 2. The fourth-order valence-corrected chi connectivity index (χ4v) is 5.13. The number of hydrogen-bond acceptors (Lipinski definition) is 8. The van der Waals surface area contributed by atoms with Crippen LogP contribution in [0.25, 0.3) is 16.6 Å². The van der Waals surface area contributed by atoms with Crippen LogP contribution in [-0.4, -0.2) is 55.9 Å². The Bertz CT molecular complexity index is 1490. The number of aromatic nitrogens is 4. The van der Waals surface area contributed by atoms with Crippen LogP contribution in [0, 0.1) is 5.82 Å². The van der Waals surface area contributed by atoms with Crippen molar-refractivity contribution in [3.8, 4) is 11.5 Å². The molecule has 4 heterocycles. The Morgan fingerprint density at radius 3 is 2.57 bits per heavy atom. The number of nitrogens with two attached hydrogens (primary N) is 1. The molecule has 2 N–H and O–H groups in total. The van der Waals surface area contributed by atoms with Crippen LogP contribution < -0.4 is 20.1 Å². The summed E-state index contributed by atoms with van der Waals surface area (Å²) < 4.78 is 51.2. The van der Waals surface area contributed by atoms with Crippen molar-refractivity contribution in [2.45, 2.75) is 31.2 Å². The van der Waals surface area contributed by atoms with Gasteiger partial charge in [0.05, 0.1) is 6.54 Å². The third kappa shape index (κ3) is 3.23. The molecule has 0 unspecified atom stereocenters. The summed E-state index contributed by atoms with van der Waals surface area (Å²) in [5.41, 5.74) is 7.71. The standard InChI is InChI=1S/C23H20F3N7O2/c24-13-1-3-14(4-2-13)31-9-10-32(22(12-31)7-8-22)11-17-28-20-15-5-6-16-19(35-23(25,26)34-16)18(15)29-21(27)33(20)30-17/h1-6H,7-12H2,(H2,27,29). The molecule has 1 spiro atoms. The average Bonchev–Trinajstić information content (AvgIpc) is 3.31. The molecule has 0 atom stereocenters. The summed E-state index contributed by atoms with van der Waals surface area (Å²) in [5.74, 6) is 0.0648. The van der Waals surface area contributed by atoms with E-state index in [2.05, 4.69) is 34.3 Å². The number of rotatable bonds is 3. The monoisotopic (exact) mass is 483 g/mol. The van der Waals surface area contributed by atoms with Crippen LogP contribution in [0.4, 0.5) is 24.8 Å². The van der Waals surface area contributed by atoms with Crippen molar-refractivity contribution in [1.29, 1.82) is 0 Å². The van der Waals surface area contributed by atoms with Crippen LogP contribution in [-0.2, 0) is 6.54 Å². The number of anilines is 2. The lowest BCUT2D eigenvalue weighted by Crippen LogP contribution is -2.54. The van der Waals surface area contributed by atoms with Gasteiger partial charge in [0.25, 0.3) is 0 Å². The van der Waals surface area contributed by atoms with Gasteiger partial charge in [0.2, 0.25) is 5.95 Å². The minimum Gasteiger partial charge on any atom is -0.395 e. The Morgan fingerprint density at radius 2 is 1.80 bits per heavy atom. The Kier molecular flexibility index (Phi) is 4.04. The van der Waals surface area contributed by atoms with Crippen LogP contribution in [0.5, 0.6) is 11.5 Å². The van der Waals surface area contributed by atoms with Crippen LogP contribution >= 0.6 is 0 Å². The molecule has 7 rings (SSSR count). The first-order valence-electron chi connectivity index (χ1n) is 11.3. The Hall–Kier alpha value is -3.80. The van der Waals surface area contributed by atoms with Gasteiger partial charge < -0.3 is 20.1 Å². The van der Waals surface area contributed by atoms with E-state index in [9.17, 15) is 13.2 Å². The molecule has 180 valence electrons. The van der Waals surface area contributed by atoms with Gasteiger partial charge in [-0.25, -0.2) is 14.4 Å². The van der Waals surface area contributed by atoms with E-state index in [0.717, 1.165) is 38.2 Å². The minimum atomic E-state index is -3.76. The van der Waals surface area contributed by atoms with E-state index in [-0.39, 0.29) is 34.3 Å². The molecule has 0 bridgehead atoms. The summed E-state index contributed by atoms with van der Waals surface area (Å²) >= 11 is 0. The molecule has 1 saturated heterocycles. The maximum Gasteiger partial charge on any atom is 0.586 e. The van der Waals surface area contributed by atoms with Gasteiger partial charge in [0.1, 0.15) is 11.3 Å². The smallest absolute Gasteiger partial charge is 0.395 e. The first-order chi connectivity index (χ1) is 16.8. The van der Waals surface area contributed by atoms with Gasteiger partial charge in [0, 0.05) is 36.2 Å². The summed E-state index contributed by atoms with van der Waals surface area (Å²) in [6.45, 7) is 2.96. The molecule has 0 radical (unpaired) electrons. The lowest BCUT2D eigenvalue weighted by Gasteiger charge is -2.42. The molecule has 2 fully saturated rings. The van der Waals surface area contributed by atoms with Gasteiger partial charge in [-0.05, 0) is 49.2 Å². The van der Waals surface area contributed by atoms with Crippen molar-refractivity contribution in [3.05, 3.63) is 48.0 Å². The number of nitrogen functional groups attached to an aromatic ring is 1. The van der Waals surface area contributed by atoms with Crippen molar-refractivity contribution in [3.63, 3.8) is 0 Å². The molecule has 1 aliphatic carbocycles. The van der Waals surface area contributed by atoms with E-state index in [1.165, 1.54) is 22.7 Å². The third-order valence-electron chi connectivity index (χ3n) is 7.03. The highest BCUT2D eigenvalue weighted by Gasteiger charge is 2.51. The van der Waals surface area contributed by atoms with E-state index in [1.807, 2.05) is 12.1 Å². The quantitative estimate of drug-likeness (QED) is 0.475. The number of nitrogens with zero attached hydrogens (tertiary/aromatic N) is 6. The SMILES string of the molecule is Nc1nc2c3c(ccc2c2nc(CN4CCN(c5ccc(F)cc5)CC45CC5)nn12)OC(F)(F)O3. The normalized spacial score (nSPS) is 20.3. The largest absolute Gasteiger partial charge is 0.586 e. The molecule has 2 aromatic heterocycles. The van der Waals surface area contributed by atoms with Crippen LogP contribution in [0.15, 0.2) is 36.4 Å². The number of hydrogen-bond donors (Lipinski definition) is 1. The lowest BCUT2D eigenvalue weighted by atomic mass is 10.1. The molecule has 2 aromatic carbocycles. The number of fused-ring (bicyclic) bond motifs is 5.